The number of allylic oxidation sites excluding steroid dienone is 1. The molecular weight excluding hydrogens is 239 g/mol. The van der Waals surface area contributed by atoms with E-state index < -0.39 is 16.1 Å². The quantitative estimate of drug-likeness (QED) is 0.355. The second-order valence-corrected chi connectivity index (χ2v) is 4.27. The van der Waals surface area contributed by atoms with E-state index in [2.05, 4.69) is 6.58 Å². The van der Waals surface area contributed by atoms with Crippen molar-refractivity contribution in [2.75, 3.05) is 5.94 Å². The first-order chi connectivity index (χ1) is 7.03. The van der Waals surface area contributed by atoms with Crippen LogP contribution in [0.25, 0.3) is 0 Å². The molecular formula is C10H11NaO4S. The van der Waals surface area contributed by atoms with E-state index in [0.717, 1.165) is 5.56 Å². The number of rotatable bonds is 5. The zero-order valence-electron chi connectivity index (χ0n) is 9.05. The average molecular weight is 250 g/mol. The van der Waals surface area contributed by atoms with Crippen LogP contribution in [0.3, 0.4) is 0 Å². The molecule has 82 valence electrons. The van der Waals surface area contributed by atoms with Gasteiger partial charge in [0.2, 0.25) is 0 Å². The van der Waals surface area contributed by atoms with Gasteiger partial charge in [0.25, 0.3) is 0 Å². The summed E-state index contributed by atoms with van der Waals surface area (Å²) in [5, 5.41) is 0. The minimum atomic E-state index is -4.35. The predicted octanol–water partition coefficient (Wildman–Crippen LogP) is -1.70. The van der Waals surface area contributed by atoms with Gasteiger partial charge in [-0.25, -0.2) is 8.42 Å². The average Bonchev–Trinajstić information content (AvgIpc) is 2.16. The molecule has 0 bridgehead atoms. The molecule has 1 rings (SSSR count). The van der Waals surface area contributed by atoms with Gasteiger partial charge in [-0.2, -0.15) is 0 Å². The molecule has 0 atom stereocenters. The Balaban J connectivity index is 0.00000225. The first-order valence-corrected chi connectivity index (χ1v) is 5.86. The molecule has 0 saturated heterocycles. The van der Waals surface area contributed by atoms with Crippen molar-refractivity contribution in [1.29, 1.82) is 0 Å². The third-order valence-electron chi connectivity index (χ3n) is 1.70. The van der Waals surface area contributed by atoms with Crippen LogP contribution in [0.5, 0.6) is 5.75 Å². The second-order valence-electron chi connectivity index (χ2n) is 2.92. The zero-order valence-corrected chi connectivity index (χ0v) is 11.9. The van der Waals surface area contributed by atoms with Crippen molar-refractivity contribution >= 4 is 10.1 Å². The maximum atomic E-state index is 10.4. The number of benzene rings is 1. The third-order valence-corrected chi connectivity index (χ3v) is 2.10. The van der Waals surface area contributed by atoms with Gasteiger partial charge in [-0.05, 0) is 18.1 Å². The molecule has 0 spiro atoms. The molecule has 4 nitrogen and oxygen atoms in total. The summed E-state index contributed by atoms with van der Waals surface area (Å²) in [5.74, 6) is -0.446. The molecule has 1 aromatic carbocycles. The summed E-state index contributed by atoms with van der Waals surface area (Å²) in [4.78, 5) is 0. The van der Waals surface area contributed by atoms with Crippen LogP contribution in [0.4, 0.5) is 0 Å². The van der Waals surface area contributed by atoms with Gasteiger partial charge in [0, 0.05) is 0 Å². The van der Waals surface area contributed by atoms with E-state index >= 15 is 0 Å². The standard InChI is InChI=1S/C10H12O4S.Na/c1-2-5-9-6-3-4-7-10(9)14-8-15(11,12)13;/h2-4,6-7H,1,5,8H2,(H,11,12,13);/q;+1/p-1. The smallest absolute Gasteiger partial charge is 0.745 e. The summed E-state index contributed by atoms with van der Waals surface area (Å²) in [6.45, 7) is 3.57. The molecule has 0 aromatic heterocycles. The Bertz CT molecular complexity index is 442. The van der Waals surface area contributed by atoms with E-state index in [1.54, 1.807) is 30.3 Å². The summed E-state index contributed by atoms with van der Waals surface area (Å²) in [7, 11) is -4.35. The summed E-state index contributed by atoms with van der Waals surface area (Å²) in [6.07, 6.45) is 2.24. The van der Waals surface area contributed by atoms with Crippen LogP contribution < -0.4 is 34.3 Å². The van der Waals surface area contributed by atoms with Crippen molar-refractivity contribution in [1.82, 2.24) is 0 Å². The van der Waals surface area contributed by atoms with Gasteiger partial charge in [-0.3, -0.25) is 0 Å². The van der Waals surface area contributed by atoms with Crippen LogP contribution in [0.1, 0.15) is 5.56 Å². The first-order valence-electron chi connectivity index (χ1n) is 4.28. The Morgan fingerprint density at radius 3 is 2.56 bits per heavy atom. The monoisotopic (exact) mass is 250 g/mol. The molecule has 0 aliphatic carbocycles. The van der Waals surface area contributed by atoms with Gasteiger partial charge >= 0.3 is 29.6 Å². The Kier molecular flexibility index (Phi) is 6.94. The second kappa shape index (κ2) is 7.09. The fourth-order valence-corrected chi connectivity index (χ4v) is 1.38. The largest absolute Gasteiger partial charge is 1.00 e. The fraction of sp³-hybridized carbons (Fsp3) is 0.200. The van der Waals surface area contributed by atoms with Gasteiger partial charge in [-0.1, -0.05) is 24.3 Å². The number of hydrogen-bond acceptors (Lipinski definition) is 4. The maximum absolute atomic E-state index is 10.4. The van der Waals surface area contributed by atoms with E-state index in [0.29, 0.717) is 12.2 Å². The number of para-hydroxylation sites is 1. The van der Waals surface area contributed by atoms with Crippen molar-refractivity contribution in [2.45, 2.75) is 6.42 Å². The molecule has 16 heavy (non-hydrogen) atoms. The normalized spacial score (nSPS) is 10.3. The SMILES string of the molecule is C=CCc1ccccc1OCS(=O)(=O)[O-].[Na+]. The Morgan fingerprint density at radius 1 is 1.38 bits per heavy atom. The molecule has 0 saturated carbocycles. The van der Waals surface area contributed by atoms with Crippen LogP contribution in [-0.2, 0) is 16.5 Å². The van der Waals surface area contributed by atoms with Crippen molar-refractivity contribution < 1.29 is 47.3 Å². The van der Waals surface area contributed by atoms with Crippen LogP contribution in [-0.4, -0.2) is 18.9 Å². The van der Waals surface area contributed by atoms with E-state index in [9.17, 15) is 13.0 Å². The summed E-state index contributed by atoms with van der Waals surface area (Å²) in [6, 6.07) is 6.91. The fourth-order valence-electron chi connectivity index (χ4n) is 1.10. The van der Waals surface area contributed by atoms with Crippen molar-refractivity contribution in [2.24, 2.45) is 0 Å². The van der Waals surface area contributed by atoms with E-state index in [4.69, 9.17) is 4.74 Å². The van der Waals surface area contributed by atoms with Crippen LogP contribution >= 0.6 is 0 Å². The number of ether oxygens (including phenoxy) is 1. The van der Waals surface area contributed by atoms with Gasteiger partial charge in [0.05, 0.1) is 0 Å². The summed E-state index contributed by atoms with van der Waals surface area (Å²) < 4.78 is 36.0. The molecule has 0 amide bonds. The number of hydrogen-bond donors (Lipinski definition) is 0. The Hall–Kier alpha value is -0.330. The molecule has 0 N–H and O–H groups in total. The Labute approximate surface area is 117 Å². The summed E-state index contributed by atoms with van der Waals surface area (Å²) in [5.41, 5.74) is 0.802. The van der Waals surface area contributed by atoms with Gasteiger partial charge < -0.3 is 9.29 Å². The molecule has 0 aliphatic heterocycles. The molecule has 6 heteroatoms. The molecule has 1 aromatic rings. The van der Waals surface area contributed by atoms with Gasteiger partial charge in [0.1, 0.15) is 15.9 Å². The first kappa shape index (κ1) is 15.7. The van der Waals surface area contributed by atoms with Crippen LogP contribution in [0.15, 0.2) is 36.9 Å². The molecule has 0 heterocycles. The molecule has 0 radical (unpaired) electrons. The predicted molar refractivity (Wildman–Crippen MR) is 55.5 cm³/mol. The zero-order chi connectivity index (χ0) is 11.3. The van der Waals surface area contributed by atoms with Crippen LogP contribution in [0.2, 0.25) is 0 Å². The van der Waals surface area contributed by atoms with Crippen molar-refractivity contribution in [3.63, 3.8) is 0 Å². The summed E-state index contributed by atoms with van der Waals surface area (Å²) >= 11 is 0. The van der Waals surface area contributed by atoms with E-state index in [1.165, 1.54) is 0 Å². The Morgan fingerprint density at radius 2 is 2.00 bits per heavy atom. The maximum Gasteiger partial charge on any atom is 1.00 e. The van der Waals surface area contributed by atoms with Gasteiger partial charge in [0.15, 0.2) is 5.94 Å². The van der Waals surface area contributed by atoms with Crippen molar-refractivity contribution in [3.05, 3.63) is 42.5 Å². The van der Waals surface area contributed by atoms with Gasteiger partial charge in [-0.15, -0.1) is 6.58 Å². The van der Waals surface area contributed by atoms with Crippen LogP contribution in [0, 0.1) is 0 Å². The van der Waals surface area contributed by atoms with E-state index in [-0.39, 0.29) is 29.6 Å². The molecule has 0 fully saturated rings. The third kappa shape index (κ3) is 5.67. The minimum Gasteiger partial charge on any atom is -0.745 e. The minimum absolute atomic E-state index is 0. The van der Waals surface area contributed by atoms with E-state index in [1.807, 2.05) is 0 Å². The topological polar surface area (TPSA) is 66.4 Å². The molecule has 0 unspecified atom stereocenters. The van der Waals surface area contributed by atoms with Crippen molar-refractivity contribution in [3.8, 4) is 5.75 Å². The molecule has 0 aliphatic rings.